The average molecular weight is 423 g/mol. The Bertz CT molecular complexity index is 946. The number of hydrogen-bond acceptors (Lipinski definition) is 6. The third-order valence-corrected chi connectivity index (χ3v) is 5.37. The highest BCUT2D eigenvalue weighted by Crippen LogP contribution is 2.30. The van der Waals surface area contributed by atoms with Gasteiger partial charge in [0, 0.05) is 30.8 Å². The second kappa shape index (κ2) is 10.0. The van der Waals surface area contributed by atoms with Gasteiger partial charge in [0.05, 0.1) is 33.3 Å². The Kier molecular flexibility index (Phi) is 7.72. The smallest absolute Gasteiger partial charge is 0.232 e. The second-order valence-corrected chi connectivity index (χ2v) is 8.16. The lowest BCUT2D eigenvalue weighted by Gasteiger charge is -2.22. The molecule has 29 heavy (non-hydrogen) atoms. The van der Waals surface area contributed by atoms with Gasteiger partial charge in [-0.3, -0.25) is 9.10 Å². The molecule has 0 aliphatic heterocycles. The summed E-state index contributed by atoms with van der Waals surface area (Å²) in [5.74, 6) is 1.40. The average Bonchev–Trinajstić information content (AvgIpc) is 2.70. The van der Waals surface area contributed by atoms with E-state index in [-0.39, 0.29) is 18.9 Å². The molecule has 1 amide bonds. The van der Waals surface area contributed by atoms with E-state index in [0.29, 0.717) is 35.0 Å². The normalized spacial score (nSPS) is 10.9. The molecule has 0 aliphatic carbocycles. The molecule has 0 aromatic heterocycles. The molecule has 9 heteroatoms. The van der Waals surface area contributed by atoms with Crippen molar-refractivity contribution in [1.82, 2.24) is 0 Å². The Morgan fingerprint density at radius 1 is 1.00 bits per heavy atom. The summed E-state index contributed by atoms with van der Waals surface area (Å²) in [6, 6.07) is 11.9. The van der Waals surface area contributed by atoms with Crippen molar-refractivity contribution < 1.29 is 27.4 Å². The molecular weight excluding hydrogens is 396 g/mol. The molecular formula is C20H26N2O6S. The van der Waals surface area contributed by atoms with E-state index in [4.69, 9.17) is 14.2 Å². The van der Waals surface area contributed by atoms with Gasteiger partial charge in [0.25, 0.3) is 0 Å². The first-order valence-electron chi connectivity index (χ1n) is 8.92. The molecule has 0 bridgehead atoms. The Morgan fingerprint density at radius 3 is 2.34 bits per heavy atom. The molecule has 2 aromatic rings. The highest BCUT2D eigenvalue weighted by atomic mass is 32.2. The van der Waals surface area contributed by atoms with Crippen LogP contribution in [-0.2, 0) is 14.8 Å². The minimum atomic E-state index is -3.50. The van der Waals surface area contributed by atoms with E-state index < -0.39 is 10.0 Å². The Labute approximate surface area is 171 Å². The fraction of sp³-hybridized carbons (Fsp3) is 0.350. The van der Waals surface area contributed by atoms with Crippen molar-refractivity contribution in [3.05, 3.63) is 42.5 Å². The van der Waals surface area contributed by atoms with E-state index in [9.17, 15) is 13.2 Å². The maximum absolute atomic E-state index is 12.3. The van der Waals surface area contributed by atoms with Gasteiger partial charge in [0.1, 0.15) is 5.75 Å². The number of methoxy groups -OCH3 is 3. The predicted molar refractivity (Wildman–Crippen MR) is 113 cm³/mol. The summed E-state index contributed by atoms with van der Waals surface area (Å²) in [4.78, 5) is 12.3. The third kappa shape index (κ3) is 6.28. The first-order valence-corrected chi connectivity index (χ1v) is 10.8. The molecule has 0 fully saturated rings. The predicted octanol–water partition coefficient (Wildman–Crippen LogP) is 2.90. The summed E-state index contributed by atoms with van der Waals surface area (Å²) < 4.78 is 41.2. The van der Waals surface area contributed by atoms with Crippen LogP contribution in [0.15, 0.2) is 42.5 Å². The van der Waals surface area contributed by atoms with Crippen molar-refractivity contribution in [1.29, 1.82) is 0 Å². The fourth-order valence-corrected chi connectivity index (χ4v) is 3.73. The van der Waals surface area contributed by atoms with Crippen molar-refractivity contribution in [3.8, 4) is 17.2 Å². The van der Waals surface area contributed by atoms with Crippen LogP contribution in [0.1, 0.15) is 12.8 Å². The van der Waals surface area contributed by atoms with Crippen LogP contribution in [-0.4, -0.2) is 48.5 Å². The number of sulfonamides is 1. The fourth-order valence-electron chi connectivity index (χ4n) is 2.77. The lowest BCUT2D eigenvalue weighted by molar-refractivity contribution is -0.116. The van der Waals surface area contributed by atoms with Gasteiger partial charge >= 0.3 is 0 Å². The van der Waals surface area contributed by atoms with Gasteiger partial charge in [-0.1, -0.05) is 6.07 Å². The number of anilines is 2. The molecule has 1 N–H and O–H groups in total. The maximum Gasteiger partial charge on any atom is 0.232 e. The molecule has 0 spiro atoms. The molecule has 2 rings (SSSR count). The number of rotatable bonds is 10. The van der Waals surface area contributed by atoms with E-state index >= 15 is 0 Å². The van der Waals surface area contributed by atoms with Crippen molar-refractivity contribution in [3.63, 3.8) is 0 Å². The van der Waals surface area contributed by atoms with Gasteiger partial charge in [-0.05, 0) is 30.7 Å². The minimum Gasteiger partial charge on any atom is -0.497 e. The number of nitrogens with one attached hydrogen (secondary N) is 1. The zero-order valence-corrected chi connectivity index (χ0v) is 17.8. The molecule has 0 heterocycles. The van der Waals surface area contributed by atoms with Gasteiger partial charge in [0.15, 0.2) is 11.5 Å². The molecule has 158 valence electrons. The van der Waals surface area contributed by atoms with Crippen LogP contribution < -0.4 is 23.8 Å². The van der Waals surface area contributed by atoms with Crippen molar-refractivity contribution >= 4 is 27.3 Å². The van der Waals surface area contributed by atoms with Gasteiger partial charge in [-0.15, -0.1) is 0 Å². The Balaban J connectivity index is 1.99. The summed E-state index contributed by atoms with van der Waals surface area (Å²) in [6.45, 7) is 0.172. The van der Waals surface area contributed by atoms with E-state index in [1.54, 1.807) is 42.5 Å². The van der Waals surface area contributed by atoms with Crippen molar-refractivity contribution in [2.24, 2.45) is 0 Å². The number of ether oxygens (including phenoxy) is 3. The topological polar surface area (TPSA) is 94.2 Å². The zero-order chi connectivity index (χ0) is 21.4. The van der Waals surface area contributed by atoms with Crippen molar-refractivity contribution in [2.45, 2.75) is 12.8 Å². The quantitative estimate of drug-likeness (QED) is 0.633. The summed E-state index contributed by atoms with van der Waals surface area (Å²) in [6.07, 6.45) is 1.64. The van der Waals surface area contributed by atoms with Crippen molar-refractivity contribution in [2.75, 3.05) is 43.8 Å². The highest BCUT2D eigenvalue weighted by molar-refractivity contribution is 7.92. The lowest BCUT2D eigenvalue weighted by Crippen LogP contribution is -2.31. The summed E-state index contributed by atoms with van der Waals surface area (Å²) >= 11 is 0. The molecule has 0 unspecified atom stereocenters. The second-order valence-electron chi connectivity index (χ2n) is 6.26. The van der Waals surface area contributed by atoms with Crippen LogP contribution in [0.25, 0.3) is 0 Å². The van der Waals surface area contributed by atoms with E-state index in [1.165, 1.54) is 25.6 Å². The molecule has 8 nitrogen and oxygen atoms in total. The number of benzene rings is 2. The monoisotopic (exact) mass is 422 g/mol. The number of carbonyl (C=O) groups is 1. The summed E-state index contributed by atoms with van der Waals surface area (Å²) in [7, 11) is 1.06. The van der Waals surface area contributed by atoms with Crippen LogP contribution in [0.4, 0.5) is 11.4 Å². The van der Waals surface area contributed by atoms with Gasteiger partial charge < -0.3 is 19.5 Å². The molecule has 0 atom stereocenters. The lowest BCUT2D eigenvalue weighted by atomic mass is 10.2. The van der Waals surface area contributed by atoms with Gasteiger partial charge in [0.2, 0.25) is 15.9 Å². The van der Waals surface area contributed by atoms with Crippen LogP contribution in [0.2, 0.25) is 0 Å². The third-order valence-electron chi connectivity index (χ3n) is 4.17. The standard InChI is InChI=1S/C20H26N2O6S/c1-26-17-8-5-7-16(14-17)22(29(4,24)25)12-6-9-20(23)21-15-10-11-18(27-2)19(13-15)28-3/h5,7-8,10-11,13-14H,6,9,12H2,1-4H3,(H,21,23). The van der Waals surface area contributed by atoms with E-state index in [0.717, 1.165) is 6.26 Å². The molecule has 2 aromatic carbocycles. The number of hydrogen-bond donors (Lipinski definition) is 1. The first-order chi connectivity index (χ1) is 13.8. The molecule has 0 saturated carbocycles. The van der Waals surface area contributed by atoms with E-state index in [1.807, 2.05) is 0 Å². The minimum absolute atomic E-state index is 0.157. The zero-order valence-electron chi connectivity index (χ0n) is 17.0. The van der Waals surface area contributed by atoms with E-state index in [2.05, 4.69) is 5.32 Å². The summed E-state index contributed by atoms with van der Waals surface area (Å²) in [5, 5.41) is 2.78. The summed E-state index contributed by atoms with van der Waals surface area (Å²) in [5.41, 5.74) is 1.06. The van der Waals surface area contributed by atoms with Crippen LogP contribution in [0.3, 0.4) is 0 Å². The van der Waals surface area contributed by atoms with Crippen LogP contribution >= 0.6 is 0 Å². The number of nitrogens with zero attached hydrogens (tertiary/aromatic N) is 1. The SMILES string of the molecule is COc1cccc(N(CCCC(=O)Nc2ccc(OC)c(OC)c2)S(C)(=O)=O)c1. The maximum atomic E-state index is 12.3. The van der Waals surface area contributed by atoms with Gasteiger partial charge in [-0.25, -0.2) is 8.42 Å². The number of carbonyl (C=O) groups excluding carboxylic acids is 1. The van der Waals surface area contributed by atoms with Crippen LogP contribution in [0.5, 0.6) is 17.2 Å². The highest BCUT2D eigenvalue weighted by Gasteiger charge is 2.18. The Morgan fingerprint density at radius 2 is 1.72 bits per heavy atom. The molecule has 0 radical (unpaired) electrons. The van der Waals surface area contributed by atoms with Gasteiger partial charge in [-0.2, -0.15) is 0 Å². The first kappa shape index (κ1) is 22.4. The Hall–Kier alpha value is -2.94. The molecule has 0 saturated heterocycles. The number of amides is 1. The van der Waals surface area contributed by atoms with Crippen LogP contribution in [0, 0.1) is 0 Å². The molecule has 0 aliphatic rings. The largest absolute Gasteiger partial charge is 0.497 e.